The minimum atomic E-state index is -1.32. The fraction of sp³-hybridized carbons (Fsp3) is 0.333. The topological polar surface area (TPSA) is 29.5 Å². The molecule has 0 aliphatic rings. The smallest absolute Gasteiger partial charge is 0.129 e. The van der Waals surface area contributed by atoms with Crippen LogP contribution in [-0.4, -0.2) is 11.7 Å². The van der Waals surface area contributed by atoms with E-state index in [2.05, 4.69) is 0 Å². The van der Waals surface area contributed by atoms with Crippen LogP contribution in [0.15, 0.2) is 48.5 Å². The van der Waals surface area contributed by atoms with Gasteiger partial charge in [0, 0.05) is 5.56 Å². The number of aliphatic hydroxyl groups is 1. The Labute approximate surface area is 125 Å². The molecular formula is C18H21FO2. The van der Waals surface area contributed by atoms with Crippen LogP contribution >= 0.6 is 0 Å². The van der Waals surface area contributed by atoms with Crippen molar-refractivity contribution in [1.82, 2.24) is 0 Å². The van der Waals surface area contributed by atoms with Gasteiger partial charge in [-0.15, -0.1) is 0 Å². The highest BCUT2D eigenvalue weighted by molar-refractivity contribution is 5.39. The molecule has 1 unspecified atom stereocenters. The van der Waals surface area contributed by atoms with Gasteiger partial charge in [0.15, 0.2) is 0 Å². The third-order valence-corrected chi connectivity index (χ3v) is 3.64. The lowest BCUT2D eigenvalue weighted by atomic mass is 9.84. The zero-order chi connectivity index (χ0) is 15.3. The van der Waals surface area contributed by atoms with Crippen molar-refractivity contribution in [3.8, 4) is 5.75 Å². The Hall–Kier alpha value is -1.87. The van der Waals surface area contributed by atoms with Crippen molar-refractivity contribution >= 4 is 0 Å². The second-order valence-electron chi connectivity index (χ2n) is 5.07. The molecule has 21 heavy (non-hydrogen) atoms. The van der Waals surface area contributed by atoms with Crippen molar-refractivity contribution in [1.29, 1.82) is 0 Å². The average Bonchev–Trinajstić information content (AvgIpc) is 2.53. The highest BCUT2D eigenvalue weighted by atomic mass is 19.1. The fourth-order valence-corrected chi connectivity index (χ4v) is 2.39. The third-order valence-electron chi connectivity index (χ3n) is 3.64. The van der Waals surface area contributed by atoms with Gasteiger partial charge >= 0.3 is 0 Å². The van der Waals surface area contributed by atoms with Crippen molar-refractivity contribution in [2.45, 2.75) is 32.3 Å². The number of benzene rings is 2. The molecule has 112 valence electrons. The molecule has 0 spiro atoms. The Balaban J connectivity index is 2.34. The maximum atomic E-state index is 14.0. The summed E-state index contributed by atoms with van der Waals surface area (Å²) in [6.45, 7) is 4.54. The van der Waals surface area contributed by atoms with Gasteiger partial charge in [-0.25, -0.2) is 4.39 Å². The van der Waals surface area contributed by atoms with Gasteiger partial charge in [0.25, 0.3) is 0 Å². The van der Waals surface area contributed by atoms with Crippen LogP contribution in [0.3, 0.4) is 0 Å². The van der Waals surface area contributed by atoms with Crippen molar-refractivity contribution < 1.29 is 14.2 Å². The lowest BCUT2D eigenvalue weighted by Crippen LogP contribution is -2.27. The van der Waals surface area contributed by atoms with Gasteiger partial charge in [-0.2, -0.15) is 0 Å². The van der Waals surface area contributed by atoms with Crippen molar-refractivity contribution in [2.24, 2.45) is 0 Å². The average molecular weight is 288 g/mol. The highest BCUT2D eigenvalue weighted by Crippen LogP contribution is 2.35. The fourth-order valence-electron chi connectivity index (χ4n) is 2.39. The largest absolute Gasteiger partial charge is 0.494 e. The van der Waals surface area contributed by atoms with Crippen LogP contribution in [0.2, 0.25) is 0 Å². The van der Waals surface area contributed by atoms with Crippen LogP contribution in [-0.2, 0) is 5.60 Å². The molecule has 1 N–H and O–H groups in total. The molecule has 0 aromatic heterocycles. The molecule has 0 heterocycles. The molecule has 2 nitrogen and oxygen atoms in total. The van der Waals surface area contributed by atoms with E-state index in [9.17, 15) is 9.50 Å². The van der Waals surface area contributed by atoms with Gasteiger partial charge in [-0.1, -0.05) is 44.2 Å². The molecule has 0 aliphatic heterocycles. The molecule has 0 bridgehead atoms. The summed E-state index contributed by atoms with van der Waals surface area (Å²) in [7, 11) is 0. The second-order valence-corrected chi connectivity index (χ2v) is 5.07. The van der Waals surface area contributed by atoms with Gasteiger partial charge in [0.1, 0.15) is 17.2 Å². The third kappa shape index (κ3) is 3.24. The van der Waals surface area contributed by atoms with E-state index in [-0.39, 0.29) is 0 Å². The zero-order valence-electron chi connectivity index (χ0n) is 12.5. The summed E-state index contributed by atoms with van der Waals surface area (Å²) in [6, 6.07) is 13.6. The summed E-state index contributed by atoms with van der Waals surface area (Å²) in [6.07, 6.45) is 1.33. The van der Waals surface area contributed by atoms with Gasteiger partial charge in [0.2, 0.25) is 0 Å². The first kappa shape index (κ1) is 15.5. The van der Waals surface area contributed by atoms with Crippen LogP contribution in [0.4, 0.5) is 4.39 Å². The number of halogens is 1. The molecule has 2 rings (SSSR count). The Kier molecular flexibility index (Phi) is 4.97. The zero-order valence-corrected chi connectivity index (χ0v) is 12.5. The molecule has 0 radical (unpaired) electrons. The van der Waals surface area contributed by atoms with E-state index in [0.717, 1.165) is 12.2 Å². The number of hydrogen-bond donors (Lipinski definition) is 1. The summed E-state index contributed by atoms with van der Waals surface area (Å²) >= 11 is 0. The first-order valence-corrected chi connectivity index (χ1v) is 7.32. The van der Waals surface area contributed by atoms with E-state index in [0.29, 0.717) is 24.2 Å². The molecular weight excluding hydrogens is 267 g/mol. The molecule has 2 aromatic carbocycles. The standard InChI is InChI=1S/C18H21FO2/c1-3-13-21-15-11-9-14(10-12-15)18(20,4-2)16-7-5-6-8-17(16)19/h5-12,20H,3-4,13H2,1-2H3. The summed E-state index contributed by atoms with van der Waals surface area (Å²) in [5.41, 5.74) is -0.358. The van der Waals surface area contributed by atoms with Crippen LogP contribution in [0, 0.1) is 5.82 Å². The normalized spacial score (nSPS) is 13.7. The monoisotopic (exact) mass is 288 g/mol. The van der Waals surface area contributed by atoms with Crippen LogP contribution in [0.5, 0.6) is 5.75 Å². The lowest BCUT2D eigenvalue weighted by molar-refractivity contribution is 0.0725. The van der Waals surface area contributed by atoms with E-state index in [1.807, 2.05) is 26.0 Å². The van der Waals surface area contributed by atoms with Gasteiger partial charge in [0.05, 0.1) is 6.61 Å². The Bertz CT molecular complexity index is 580. The number of rotatable bonds is 6. The van der Waals surface area contributed by atoms with Crippen molar-refractivity contribution in [3.05, 3.63) is 65.5 Å². The summed E-state index contributed by atoms with van der Waals surface area (Å²) in [5, 5.41) is 10.9. The maximum Gasteiger partial charge on any atom is 0.129 e. The quantitative estimate of drug-likeness (QED) is 0.860. The molecule has 0 amide bonds. The molecule has 3 heteroatoms. The highest BCUT2D eigenvalue weighted by Gasteiger charge is 2.32. The number of hydrogen-bond acceptors (Lipinski definition) is 2. The van der Waals surface area contributed by atoms with Crippen LogP contribution < -0.4 is 4.74 Å². The molecule has 2 aromatic rings. The predicted octanol–water partition coefficient (Wildman–Crippen LogP) is 4.26. The first-order valence-electron chi connectivity index (χ1n) is 7.32. The minimum Gasteiger partial charge on any atom is -0.494 e. The molecule has 0 saturated heterocycles. The lowest BCUT2D eigenvalue weighted by Gasteiger charge is -2.28. The van der Waals surface area contributed by atoms with E-state index >= 15 is 0 Å². The number of ether oxygens (including phenoxy) is 1. The molecule has 0 fully saturated rings. The van der Waals surface area contributed by atoms with Gasteiger partial charge < -0.3 is 9.84 Å². The molecule has 0 aliphatic carbocycles. The van der Waals surface area contributed by atoms with Gasteiger partial charge in [-0.05, 0) is 36.6 Å². The van der Waals surface area contributed by atoms with Crippen molar-refractivity contribution in [3.63, 3.8) is 0 Å². The van der Waals surface area contributed by atoms with Crippen molar-refractivity contribution in [2.75, 3.05) is 6.61 Å². The summed E-state index contributed by atoms with van der Waals surface area (Å²) in [5.74, 6) is 0.362. The van der Waals surface area contributed by atoms with Crippen LogP contribution in [0.1, 0.15) is 37.8 Å². The SMILES string of the molecule is CCCOc1ccc(C(O)(CC)c2ccccc2F)cc1. The second kappa shape index (κ2) is 6.72. The Morgan fingerprint density at radius 2 is 1.71 bits per heavy atom. The van der Waals surface area contributed by atoms with E-state index in [1.54, 1.807) is 30.3 Å². The maximum absolute atomic E-state index is 14.0. The predicted molar refractivity (Wildman–Crippen MR) is 81.9 cm³/mol. The van der Waals surface area contributed by atoms with E-state index in [4.69, 9.17) is 4.74 Å². The van der Waals surface area contributed by atoms with Gasteiger partial charge in [-0.3, -0.25) is 0 Å². The minimum absolute atomic E-state index is 0.301. The molecule has 0 saturated carbocycles. The first-order chi connectivity index (χ1) is 10.1. The Morgan fingerprint density at radius 1 is 1.05 bits per heavy atom. The van der Waals surface area contributed by atoms with Crippen LogP contribution in [0.25, 0.3) is 0 Å². The Morgan fingerprint density at radius 3 is 2.29 bits per heavy atom. The molecule has 1 atom stereocenters. The summed E-state index contributed by atoms with van der Waals surface area (Å²) < 4.78 is 19.5. The van der Waals surface area contributed by atoms with E-state index < -0.39 is 11.4 Å². The van der Waals surface area contributed by atoms with E-state index in [1.165, 1.54) is 6.07 Å². The summed E-state index contributed by atoms with van der Waals surface area (Å²) in [4.78, 5) is 0.